The van der Waals surface area contributed by atoms with Crippen molar-refractivity contribution in [3.05, 3.63) is 40.9 Å². The fourth-order valence-electron chi connectivity index (χ4n) is 4.03. The molecule has 0 saturated carbocycles. The van der Waals surface area contributed by atoms with Crippen molar-refractivity contribution in [3.8, 4) is 17.4 Å². The van der Waals surface area contributed by atoms with E-state index in [0.29, 0.717) is 12.6 Å². The van der Waals surface area contributed by atoms with Gasteiger partial charge in [0.15, 0.2) is 23.8 Å². The van der Waals surface area contributed by atoms with Gasteiger partial charge >= 0.3 is 6.18 Å². The lowest BCUT2D eigenvalue weighted by Crippen LogP contribution is -2.54. The van der Waals surface area contributed by atoms with Crippen LogP contribution in [-0.2, 0) is 10.8 Å². The summed E-state index contributed by atoms with van der Waals surface area (Å²) in [6.07, 6.45) is -4.78. The Balaban J connectivity index is 1.58. The number of aromatic nitrogens is 4. The number of nitrogens with one attached hydrogen (secondary N) is 1. The summed E-state index contributed by atoms with van der Waals surface area (Å²) in [7, 11) is -1.25. The van der Waals surface area contributed by atoms with Crippen molar-refractivity contribution in [1.29, 1.82) is 0 Å². The number of aryl methyl sites for hydroxylation is 1. The van der Waals surface area contributed by atoms with Gasteiger partial charge in [0.1, 0.15) is 0 Å². The molecule has 1 aliphatic heterocycles. The van der Waals surface area contributed by atoms with E-state index in [-0.39, 0.29) is 58.2 Å². The molecule has 0 radical (unpaired) electrons. The van der Waals surface area contributed by atoms with E-state index in [4.69, 9.17) is 21.1 Å². The number of nitrogens with zero attached hydrogens (tertiary/aromatic N) is 4. The van der Waals surface area contributed by atoms with Crippen molar-refractivity contribution >= 4 is 34.0 Å². The zero-order chi connectivity index (χ0) is 28.6. The first-order valence-electron chi connectivity index (χ1n) is 11.6. The number of hydrogen-bond donors (Lipinski definition) is 1. The zero-order valence-corrected chi connectivity index (χ0v) is 22.2. The fraction of sp³-hybridized carbons (Fsp3) is 0.478. The molecule has 0 bridgehead atoms. The first-order chi connectivity index (χ1) is 18.1. The molecular weight excluding hydrogens is 573 g/mol. The summed E-state index contributed by atoms with van der Waals surface area (Å²) in [5, 5.41) is 6.69. The van der Waals surface area contributed by atoms with Crippen molar-refractivity contribution < 1.29 is 40.4 Å². The Morgan fingerprint density at radius 1 is 1.21 bits per heavy atom. The van der Waals surface area contributed by atoms with Gasteiger partial charge in [-0.15, -0.1) is 5.10 Å². The van der Waals surface area contributed by atoms with Gasteiger partial charge in [-0.05, 0) is 31.9 Å². The summed E-state index contributed by atoms with van der Waals surface area (Å²) < 4.78 is 90.4. The molecule has 1 N–H and O–H groups in total. The van der Waals surface area contributed by atoms with Gasteiger partial charge in [0.2, 0.25) is 5.82 Å². The van der Waals surface area contributed by atoms with Crippen LogP contribution in [0.5, 0.6) is 17.4 Å². The maximum absolute atomic E-state index is 13.3. The van der Waals surface area contributed by atoms with Crippen LogP contribution in [0.3, 0.4) is 0 Å². The lowest BCUT2D eigenvalue weighted by Gasteiger charge is -2.38. The van der Waals surface area contributed by atoms with Gasteiger partial charge < -0.3 is 14.8 Å². The van der Waals surface area contributed by atoms with Crippen LogP contribution in [0, 0.1) is 6.92 Å². The molecular formula is C23H23ClF5N5O4S. The molecule has 1 aliphatic rings. The molecule has 4 rings (SSSR count). The van der Waals surface area contributed by atoms with Crippen molar-refractivity contribution in [2.45, 2.75) is 50.7 Å². The maximum Gasteiger partial charge on any atom is 0.391 e. The molecule has 3 aromatic heterocycles. The topological polar surface area (TPSA) is 108 Å². The van der Waals surface area contributed by atoms with E-state index in [1.54, 1.807) is 6.92 Å². The number of carbonyl (C=O) groups excluding carboxylic acids is 1. The third kappa shape index (κ3) is 7.32. The van der Waals surface area contributed by atoms with Gasteiger partial charge in [0.05, 0.1) is 22.7 Å². The first-order valence-corrected chi connectivity index (χ1v) is 13.4. The van der Waals surface area contributed by atoms with Crippen LogP contribution in [-0.4, -0.2) is 65.4 Å². The average molecular weight is 596 g/mol. The summed E-state index contributed by atoms with van der Waals surface area (Å²) in [4.78, 5) is 21.1. The number of hydrogen-bond acceptors (Lipinski definition) is 7. The standard InChI is InChI=1S/C23H23ClF5N5O4S/c1-13-15(38-20-16(9-14(24)10-30-20)37-12-21(2,25)26)3-4-17-31-18(33-34(13)17)19(35)32-22(11-23(27,28)29)5-7-39(36)8-6-22/h3-4,9-10H,5-8,11-12H2,1-2H3,(H,32,35). The first kappa shape index (κ1) is 28.9. The van der Waals surface area contributed by atoms with Crippen LogP contribution in [0.4, 0.5) is 22.0 Å². The minimum Gasteiger partial charge on any atom is -0.482 e. The molecule has 16 heteroatoms. The predicted octanol–water partition coefficient (Wildman–Crippen LogP) is 4.88. The van der Waals surface area contributed by atoms with E-state index in [9.17, 15) is 31.0 Å². The third-order valence-electron chi connectivity index (χ3n) is 5.90. The Labute approximate surface area is 226 Å². The van der Waals surface area contributed by atoms with E-state index in [1.807, 2.05) is 0 Å². The van der Waals surface area contributed by atoms with Gasteiger partial charge in [0, 0.05) is 41.5 Å². The van der Waals surface area contributed by atoms with Gasteiger partial charge in [-0.2, -0.15) is 13.2 Å². The molecule has 0 aromatic carbocycles. The molecule has 3 aromatic rings. The highest BCUT2D eigenvalue weighted by atomic mass is 35.5. The van der Waals surface area contributed by atoms with E-state index in [2.05, 4.69) is 20.4 Å². The van der Waals surface area contributed by atoms with Gasteiger partial charge in [-0.1, -0.05) is 11.6 Å². The van der Waals surface area contributed by atoms with Crippen LogP contribution in [0.2, 0.25) is 5.02 Å². The Bertz CT molecular complexity index is 1400. The second-order valence-electron chi connectivity index (χ2n) is 9.28. The highest BCUT2D eigenvalue weighted by Gasteiger charge is 2.45. The van der Waals surface area contributed by atoms with Crippen LogP contribution < -0.4 is 14.8 Å². The summed E-state index contributed by atoms with van der Waals surface area (Å²) >= 11 is 5.91. The Morgan fingerprint density at radius 3 is 2.54 bits per heavy atom. The van der Waals surface area contributed by atoms with Crippen LogP contribution in [0.25, 0.3) is 5.65 Å². The highest BCUT2D eigenvalue weighted by molar-refractivity contribution is 7.85. The van der Waals surface area contributed by atoms with Crippen LogP contribution in [0.15, 0.2) is 24.4 Å². The third-order valence-corrected chi connectivity index (χ3v) is 7.43. The van der Waals surface area contributed by atoms with Gasteiger partial charge in [-0.3, -0.25) is 9.00 Å². The molecule has 0 atom stereocenters. The number of alkyl halides is 5. The molecule has 39 heavy (non-hydrogen) atoms. The molecule has 0 unspecified atom stereocenters. The zero-order valence-electron chi connectivity index (χ0n) is 20.6. The summed E-state index contributed by atoms with van der Waals surface area (Å²) in [5.41, 5.74) is -1.10. The second kappa shape index (κ2) is 10.8. The molecule has 212 valence electrons. The van der Waals surface area contributed by atoms with E-state index >= 15 is 0 Å². The number of rotatable bonds is 8. The minimum absolute atomic E-state index is 0.0368. The smallest absolute Gasteiger partial charge is 0.391 e. The summed E-state index contributed by atoms with van der Waals surface area (Å²) in [6, 6.07) is 4.17. The highest BCUT2D eigenvalue weighted by Crippen LogP contribution is 2.36. The maximum atomic E-state index is 13.3. The normalized spacial score (nSPS) is 20.2. The van der Waals surface area contributed by atoms with E-state index < -0.39 is 47.4 Å². The lowest BCUT2D eigenvalue weighted by atomic mass is 9.88. The number of pyridine rings is 2. The summed E-state index contributed by atoms with van der Waals surface area (Å²) in [6.45, 7) is 1.30. The molecule has 1 saturated heterocycles. The predicted molar refractivity (Wildman–Crippen MR) is 131 cm³/mol. The second-order valence-corrected chi connectivity index (χ2v) is 11.4. The largest absolute Gasteiger partial charge is 0.482 e. The SMILES string of the molecule is Cc1c(Oc2ncc(Cl)cc2OCC(C)(F)F)ccc2nc(C(=O)NC3(CC(F)(F)F)CCS(=O)CC3)nn12. The molecule has 9 nitrogen and oxygen atoms in total. The minimum atomic E-state index is -4.55. The Kier molecular flexibility index (Phi) is 8.03. The molecule has 4 heterocycles. The molecule has 1 fully saturated rings. The van der Waals surface area contributed by atoms with E-state index in [1.165, 1.54) is 28.9 Å². The number of amides is 1. The summed E-state index contributed by atoms with van der Waals surface area (Å²) in [5.74, 6) is -4.47. The molecule has 0 spiro atoms. The van der Waals surface area contributed by atoms with Crippen molar-refractivity contribution in [1.82, 2.24) is 24.9 Å². The molecule has 0 aliphatic carbocycles. The quantitative estimate of drug-likeness (QED) is 0.370. The number of ether oxygens (including phenoxy) is 2. The van der Waals surface area contributed by atoms with Crippen molar-refractivity contribution in [2.75, 3.05) is 18.1 Å². The Hall–Kier alpha value is -3.07. The van der Waals surface area contributed by atoms with Crippen LogP contribution >= 0.6 is 11.6 Å². The van der Waals surface area contributed by atoms with Crippen molar-refractivity contribution in [3.63, 3.8) is 0 Å². The van der Waals surface area contributed by atoms with Crippen molar-refractivity contribution in [2.24, 2.45) is 0 Å². The van der Waals surface area contributed by atoms with Gasteiger partial charge in [0.25, 0.3) is 17.7 Å². The number of fused-ring (bicyclic) bond motifs is 1. The monoisotopic (exact) mass is 595 g/mol. The Morgan fingerprint density at radius 2 is 1.90 bits per heavy atom. The average Bonchev–Trinajstić information content (AvgIpc) is 3.27. The molecule has 1 amide bonds. The van der Waals surface area contributed by atoms with E-state index in [0.717, 1.165) is 0 Å². The number of carbonyl (C=O) groups is 1. The fourth-order valence-corrected chi connectivity index (χ4v) is 5.62. The van der Waals surface area contributed by atoms with Crippen LogP contribution in [0.1, 0.15) is 42.5 Å². The number of halogens is 6. The van der Waals surface area contributed by atoms with Gasteiger partial charge in [-0.25, -0.2) is 23.3 Å². The lowest BCUT2D eigenvalue weighted by molar-refractivity contribution is -0.150.